The largest absolute Gasteiger partial charge is 0.477 e. The molecule has 3 N–H and O–H groups in total. The fourth-order valence-electron chi connectivity index (χ4n) is 2.83. The Hall–Kier alpha value is -3.06. The number of hydrogen-bond acceptors (Lipinski definition) is 6. The normalized spacial score (nSPS) is 12.5. The van der Waals surface area contributed by atoms with Crippen molar-refractivity contribution in [1.29, 1.82) is 0 Å². The quantitative estimate of drug-likeness (QED) is 0.580. The summed E-state index contributed by atoms with van der Waals surface area (Å²) in [6, 6.07) is 3.16. The van der Waals surface area contributed by atoms with Gasteiger partial charge < -0.3 is 15.8 Å². The van der Waals surface area contributed by atoms with Crippen LogP contribution >= 0.6 is 0 Å². The molecule has 0 atom stereocenters. The molecule has 2 aromatic heterocycles. The summed E-state index contributed by atoms with van der Waals surface area (Å²) in [5.41, 5.74) is 8.19. The van der Waals surface area contributed by atoms with E-state index < -0.39 is 5.91 Å². The number of rotatable bonds is 10. The minimum Gasteiger partial charge on any atom is -0.477 e. The molecule has 3 rings (SSSR count). The maximum atomic E-state index is 11.3. The number of carbonyl (C=O) groups is 1. The number of pyridine rings is 1. The molecule has 1 aliphatic rings. The number of primary amides is 1. The zero-order valence-corrected chi connectivity index (χ0v) is 17.8. The molecule has 0 fully saturated rings. The van der Waals surface area contributed by atoms with Gasteiger partial charge in [0, 0.05) is 11.8 Å². The van der Waals surface area contributed by atoms with Gasteiger partial charge >= 0.3 is 0 Å². The van der Waals surface area contributed by atoms with Crippen LogP contribution in [0.2, 0.25) is 0 Å². The van der Waals surface area contributed by atoms with E-state index in [0.717, 1.165) is 38.8 Å². The monoisotopic (exact) mass is 409 g/mol. The van der Waals surface area contributed by atoms with Crippen LogP contribution in [0.25, 0.3) is 11.4 Å². The van der Waals surface area contributed by atoms with Crippen molar-refractivity contribution < 1.29 is 9.53 Å². The van der Waals surface area contributed by atoms with Crippen LogP contribution in [0.15, 0.2) is 54.5 Å². The molecule has 2 heterocycles. The highest BCUT2D eigenvalue weighted by molar-refractivity contribution is 5.93. The van der Waals surface area contributed by atoms with E-state index in [2.05, 4.69) is 38.5 Å². The van der Waals surface area contributed by atoms with Gasteiger partial charge in [-0.3, -0.25) is 9.78 Å². The molecular weight excluding hydrogens is 378 g/mol. The van der Waals surface area contributed by atoms with Gasteiger partial charge in [-0.15, -0.1) is 0 Å². The van der Waals surface area contributed by atoms with Crippen LogP contribution in [0.1, 0.15) is 49.9 Å². The van der Waals surface area contributed by atoms with E-state index in [1.165, 1.54) is 11.8 Å². The first kappa shape index (κ1) is 23.2. The zero-order chi connectivity index (χ0) is 21.6. The van der Waals surface area contributed by atoms with Crippen molar-refractivity contribution in [2.75, 3.05) is 19.7 Å². The highest BCUT2D eigenvalue weighted by Gasteiger charge is 2.07. The Morgan fingerprint density at radius 2 is 2.00 bits per heavy atom. The maximum Gasteiger partial charge on any atom is 0.248 e. The van der Waals surface area contributed by atoms with Crippen molar-refractivity contribution in [1.82, 2.24) is 20.3 Å². The summed E-state index contributed by atoms with van der Waals surface area (Å²) < 4.78 is 5.62. The molecule has 7 heteroatoms. The van der Waals surface area contributed by atoms with E-state index in [0.29, 0.717) is 29.4 Å². The fourth-order valence-corrected chi connectivity index (χ4v) is 2.83. The van der Waals surface area contributed by atoms with Gasteiger partial charge in [0.15, 0.2) is 0 Å². The molecule has 0 unspecified atom stereocenters. The minimum atomic E-state index is -0.503. The van der Waals surface area contributed by atoms with Crippen LogP contribution < -0.4 is 15.8 Å². The van der Waals surface area contributed by atoms with Gasteiger partial charge in [-0.2, -0.15) is 0 Å². The van der Waals surface area contributed by atoms with Crippen molar-refractivity contribution in [2.24, 2.45) is 5.73 Å². The van der Waals surface area contributed by atoms with Gasteiger partial charge in [0.2, 0.25) is 11.8 Å². The SMILES string of the molecule is CC.NC(=O)c1ccnc(-c2cnc(OCCCNCCC3=CCCC=C3)cn2)c1. The molecule has 0 saturated carbocycles. The molecule has 0 spiro atoms. The van der Waals surface area contributed by atoms with Gasteiger partial charge in [0.05, 0.1) is 24.7 Å². The number of carbonyl (C=O) groups excluding carboxylic acids is 1. The second-order valence-electron chi connectivity index (χ2n) is 6.49. The standard InChI is InChI=1S/C21H25N5O2.C2H6/c22-21(27)17-8-11-24-18(13-17)19-14-26-20(15-25-19)28-12-4-9-23-10-7-16-5-2-1-3-6-16;1-2/h2,5-6,8,11,13-15,23H,1,3-4,7,9-10,12H2,(H2,22,27);1-2H3. The topological polar surface area (TPSA) is 103 Å². The lowest BCUT2D eigenvalue weighted by Gasteiger charge is -2.09. The molecule has 0 bridgehead atoms. The summed E-state index contributed by atoms with van der Waals surface area (Å²) in [5.74, 6) is -0.0376. The molecule has 1 aliphatic carbocycles. The first-order valence-electron chi connectivity index (χ1n) is 10.5. The zero-order valence-electron chi connectivity index (χ0n) is 17.8. The van der Waals surface area contributed by atoms with Crippen molar-refractivity contribution in [3.8, 4) is 17.3 Å². The van der Waals surface area contributed by atoms with Gasteiger partial charge in [0.25, 0.3) is 0 Å². The number of amides is 1. The molecule has 30 heavy (non-hydrogen) atoms. The summed E-state index contributed by atoms with van der Waals surface area (Å²) in [4.78, 5) is 24.0. The average Bonchev–Trinajstić information content (AvgIpc) is 2.81. The van der Waals surface area contributed by atoms with E-state index >= 15 is 0 Å². The molecular formula is C23H31N5O2. The van der Waals surface area contributed by atoms with Crippen LogP contribution in [-0.4, -0.2) is 40.6 Å². The molecule has 7 nitrogen and oxygen atoms in total. The van der Waals surface area contributed by atoms with Gasteiger partial charge in [0.1, 0.15) is 5.69 Å². The molecule has 0 aromatic carbocycles. The molecule has 1 amide bonds. The number of nitrogens with one attached hydrogen (secondary N) is 1. The predicted octanol–water partition coefficient (Wildman–Crippen LogP) is 3.69. The first-order valence-corrected chi connectivity index (χ1v) is 10.5. The maximum absolute atomic E-state index is 11.3. The van der Waals surface area contributed by atoms with Crippen LogP contribution in [0.3, 0.4) is 0 Å². The van der Waals surface area contributed by atoms with Crippen LogP contribution in [0, 0.1) is 0 Å². The average molecular weight is 410 g/mol. The van der Waals surface area contributed by atoms with Crippen molar-refractivity contribution in [3.05, 3.63) is 60.1 Å². The van der Waals surface area contributed by atoms with Crippen LogP contribution in [0.5, 0.6) is 5.88 Å². The number of ether oxygens (including phenoxy) is 1. The number of allylic oxidation sites excluding steroid dienone is 3. The smallest absolute Gasteiger partial charge is 0.248 e. The lowest BCUT2D eigenvalue weighted by molar-refractivity contribution is 0.1000. The van der Waals surface area contributed by atoms with Gasteiger partial charge in [-0.25, -0.2) is 9.97 Å². The second kappa shape index (κ2) is 13.2. The van der Waals surface area contributed by atoms with E-state index in [9.17, 15) is 4.79 Å². The van der Waals surface area contributed by atoms with Gasteiger partial charge in [-0.1, -0.05) is 37.6 Å². The third-order valence-electron chi connectivity index (χ3n) is 4.35. The highest BCUT2D eigenvalue weighted by Crippen LogP contribution is 2.16. The highest BCUT2D eigenvalue weighted by atomic mass is 16.5. The summed E-state index contributed by atoms with van der Waals surface area (Å²) >= 11 is 0. The molecule has 160 valence electrons. The Kier molecular flexibility index (Phi) is 10.2. The molecule has 0 aliphatic heterocycles. The predicted molar refractivity (Wildman–Crippen MR) is 119 cm³/mol. The number of nitrogens with zero attached hydrogens (tertiary/aromatic N) is 3. The van der Waals surface area contributed by atoms with Crippen molar-refractivity contribution in [2.45, 2.75) is 39.5 Å². The van der Waals surface area contributed by atoms with Crippen molar-refractivity contribution in [3.63, 3.8) is 0 Å². The summed E-state index contributed by atoms with van der Waals surface area (Å²) in [7, 11) is 0. The molecule has 0 saturated heterocycles. The lowest BCUT2D eigenvalue weighted by Crippen LogP contribution is -2.19. The third-order valence-corrected chi connectivity index (χ3v) is 4.35. The summed E-state index contributed by atoms with van der Waals surface area (Å²) in [6.07, 6.45) is 15.7. The Morgan fingerprint density at radius 1 is 1.13 bits per heavy atom. The van der Waals surface area contributed by atoms with E-state index in [-0.39, 0.29) is 0 Å². The number of aromatic nitrogens is 3. The van der Waals surface area contributed by atoms with Crippen molar-refractivity contribution >= 4 is 5.91 Å². The third kappa shape index (κ3) is 7.75. The summed E-state index contributed by atoms with van der Waals surface area (Å²) in [5, 5.41) is 3.43. The summed E-state index contributed by atoms with van der Waals surface area (Å²) in [6.45, 7) is 6.44. The Balaban J connectivity index is 0.00000155. The number of hydrogen-bond donors (Lipinski definition) is 2. The Morgan fingerprint density at radius 3 is 2.70 bits per heavy atom. The lowest BCUT2D eigenvalue weighted by atomic mass is 10.0. The van der Waals surface area contributed by atoms with Crippen LogP contribution in [0.4, 0.5) is 0 Å². The Labute approximate surface area is 178 Å². The minimum absolute atomic E-state index is 0.385. The first-order chi connectivity index (χ1) is 14.7. The van der Waals surface area contributed by atoms with E-state index in [1.807, 2.05) is 13.8 Å². The molecule has 0 radical (unpaired) electrons. The fraction of sp³-hybridized carbons (Fsp3) is 0.391. The van der Waals surface area contributed by atoms with Gasteiger partial charge in [-0.05, 0) is 50.9 Å². The van der Waals surface area contributed by atoms with Crippen LogP contribution in [-0.2, 0) is 0 Å². The Bertz CT molecular complexity index is 847. The number of nitrogens with two attached hydrogens (primary N) is 1. The van der Waals surface area contributed by atoms with E-state index in [4.69, 9.17) is 10.5 Å². The van der Waals surface area contributed by atoms with E-state index in [1.54, 1.807) is 24.5 Å². The molecule has 2 aromatic rings. The second-order valence-corrected chi connectivity index (χ2v) is 6.49.